The van der Waals surface area contributed by atoms with E-state index >= 15 is 0 Å². The van der Waals surface area contributed by atoms with E-state index in [9.17, 15) is 14.4 Å². The van der Waals surface area contributed by atoms with Crippen molar-refractivity contribution in [3.63, 3.8) is 0 Å². The molecule has 0 aliphatic heterocycles. The van der Waals surface area contributed by atoms with Crippen LogP contribution < -0.4 is 5.32 Å². The van der Waals surface area contributed by atoms with Crippen molar-refractivity contribution >= 4 is 17.8 Å². The zero-order chi connectivity index (χ0) is 18.4. The molecule has 0 saturated heterocycles. The summed E-state index contributed by atoms with van der Waals surface area (Å²) >= 11 is 0. The van der Waals surface area contributed by atoms with Crippen molar-refractivity contribution in [2.45, 2.75) is 58.1 Å². The Hall–Kier alpha value is -2.37. The van der Waals surface area contributed by atoms with Crippen molar-refractivity contribution in [3.8, 4) is 0 Å². The molecule has 2 unspecified atom stereocenters. The highest BCUT2D eigenvalue weighted by molar-refractivity contribution is 5.90. The quantitative estimate of drug-likeness (QED) is 0.766. The van der Waals surface area contributed by atoms with Crippen LogP contribution >= 0.6 is 0 Å². The van der Waals surface area contributed by atoms with Gasteiger partial charge in [-0.1, -0.05) is 37.6 Å². The van der Waals surface area contributed by atoms with Crippen LogP contribution in [0.2, 0.25) is 0 Å². The van der Waals surface area contributed by atoms with Gasteiger partial charge in [0.05, 0.1) is 6.61 Å². The minimum absolute atomic E-state index is 0.174. The van der Waals surface area contributed by atoms with Crippen molar-refractivity contribution < 1.29 is 23.9 Å². The molecule has 0 fully saturated rings. The molecular weight excluding hydrogens is 322 g/mol. The minimum Gasteiger partial charge on any atom is -0.464 e. The third kappa shape index (κ3) is 4.00. The molecule has 1 aliphatic carbocycles. The lowest BCUT2D eigenvalue weighted by Crippen LogP contribution is -2.58. The number of hydrogen-bond acceptors (Lipinski definition) is 5. The number of carbonyl (C=O) groups is 3. The van der Waals surface area contributed by atoms with Gasteiger partial charge in [-0.15, -0.1) is 0 Å². The van der Waals surface area contributed by atoms with Crippen LogP contribution in [0.4, 0.5) is 0 Å². The second kappa shape index (κ2) is 8.14. The molecule has 2 rings (SSSR count). The Kier molecular flexibility index (Phi) is 6.17. The first-order chi connectivity index (χ1) is 11.9. The van der Waals surface area contributed by atoms with Gasteiger partial charge in [0.15, 0.2) is 11.6 Å². The Morgan fingerprint density at radius 3 is 2.60 bits per heavy atom. The summed E-state index contributed by atoms with van der Waals surface area (Å²) in [5.41, 5.74) is 0.166. The van der Waals surface area contributed by atoms with Crippen molar-refractivity contribution in [3.05, 3.63) is 35.4 Å². The molecular formula is C19H25NO5. The average molecular weight is 347 g/mol. The van der Waals surface area contributed by atoms with Crippen LogP contribution in [0.1, 0.15) is 57.3 Å². The molecule has 1 aromatic carbocycles. The van der Waals surface area contributed by atoms with Gasteiger partial charge in [-0.2, -0.15) is 0 Å². The molecule has 1 aromatic rings. The number of nitrogens with one attached hydrogen (secondary N) is 1. The van der Waals surface area contributed by atoms with Gasteiger partial charge in [0.2, 0.25) is 5.91 Å². The van der Waals surface area contributed by atoms with E-state index < -0.39 is 17.6 Å². The van der Waals surface area contributed by atoms with E-state index in [0.29, 0.717) is 6.42 Å². The van der Waals surface area contributed by atoms with E-state index in [0.717, 1.165) is 17.5 Å². The van der Waals surface area contributed by atoms with Gasteiger partial charge in [-0.3, -0.25) is 9.59 Å². The predicted octanol–water partition coefficient (Wildman–Crippen LogP) is 2.46. The topological polar surface area (TPSA) is 81.7 Å². The normalized spacial score (nSPS) is 21.3. The molecule has 6 nitrogen and oxygen atoms in total. The number of benzene rings is 1. The summed E-state index contributed by atoms with van der Waals surface area (Å²) in [7, 11) is 0. The summed E-state index contributed by atoms with van der Waals surface area (Å²) in [6, 6.07) is 7.35. The highest BCUT2D eigenvalue weighted by Gasteiger charge is 2.56. The molecule has 0 spiro atoms. The second-order valence-corrected chi connectivity index (χ2v) is 6.22. The fourth-order valence-corrected chi connectivity index (χ4v) is 3.20. The van der Waals surface area contributed by atoms with Crippen LogP contribution in [-0.2, 0) is 30.3 Å². The van der Waals surface area contributed by atoms with Crippen LogP contribution in [0.5, 0.6) is 0 Å². The lowest BCUT2D eigenvalue weighted by atomic mass is 9.92. The first-order valence-electron chi connectivity index (χ1n) is 8.67. The molecule has 1 N–H and O–H groups in total. The summed E-state index contributed by atoms with van der Waals surface area (Å²) in [6.45, 7) is 5.19. The van der Waals surface area contributed by atoms with Gasteiger partial charge in [0.25, 0.3) is 0 Å². The van der Waals surface area contributed by atoms with Crippen molar-refractivity contribution in [1.82, 2.24) is 5.32 Å². The fourth-order valence-electron chi connectivity index (χ4n) is 3.20. The van der Waals surface area contributed by atoms with E-state index in [2.05, 4.69) is 5.32 Å². The van der Waals surface area contributed by atoms with Gasteiger partial charge in [0, 0.05) is 19.8 Å². The number of ether oxygens (including phenoxy) is 2. The summed E-state index contributed by atoms with van der Waals surface area (Å²) < 4.78 is 10.9. The van der Waals surface area contributed by atoms with E-state index in [1.165, 1.54) is 6.92 Å². The zero-order valence-corrected chi connectivity index (χ0v) is 15.0. The van der Waals surface area contributed by atoms with E-state index in [1.807, 2.05) is 31.2 Å². The first-order valence-corrected chi connectivity index (χ1v) is 8.67. The Labute approximate surface area is 147 Å². The third-order valence-electron chi connectivity index (χ3n) is 4.28. The van der Waals surface area contributed by atoms with Gasteiger partial charge < -0.3 is 14.8 Å². The van der Waals surface area contributed by atoms with Gasteiger partial charge in [-0.25, -0.2) is 4.79 Å². The van der Waals surface area contributed by atoms with Crippen LogP contribution in [-0.4, -0.2) is 30.0 Å². The number of amides is 1. The summed E-state index contributed by atoms with van der Waals surface area (Å²) in [6.07, 6.45) is 1.18. The number of esters is 2. The highest BCUT2D eigenvalue weighted by Crippen LogP contribution is 2.43. The number of carbonyl (C=O) groups excluding carboxylic acids is 3. The van der Waals surface area contributed by atoms with Crippen molar-refractivity contribution in [2.24, 2.45) is 0 Å². The van der Waals surface area contributed by atoms with Gasteiger partial charge in [-0.05, 0) is 24.5 Å². The van der Waals surface area contributed by atoms with Gasteiger partial charge in [0.1, 0.15) is 0 Å². The summed E-state index contributed by atoms with van der Waals surface area (Å²) in [4.78, 5) is 36.8. The van der Waals surface area contributed by atoms with E-state index in [-0.39, 0.29) is 31.3 Å². The maximum atomic E-state index is 12.7. The largest absolute Gasteiger partial charge is 0.464 e. The zero-order valence-electron chi connectivity index (χ0n) is 15.0. The number of fused-ring (bicyclic) bond motifs is 1. The van der Waals surface area contributed by atoms with Crippen LogP contribution in [0.3, 0.4) is 0 Å². The lowest BCUT2D eigenvalue weighted by Gasteiger charge is -2.33. The molecule has 6 heteroatoms. The maximum absolute atomic E-state index is 12.7. The average Bonchev–Trinajstić information content (AvgIpc) is 2.87. The van der Waals surface area contributed by atoms with E-state index in [1.54, 1.807) is 6.92 Å². The Balaban J connectivity index is 2.42. The lowest BCUT2D eigenvalue weighted by molar-refractivity contribution is -0.167. The number of rotatable bonds is 7. The standard InChI is InChI=1S/C19H25NO5/c1-4-6-11-16(22)25-17-15-10-8-7-9-14(15)12-19(17,20-13(3)21)18(23)24-5-2/h7-10,17H,4-6,11-12H2,1-3H3,(H,20,21). The molecule has 0 radical (unpaired) electrons. The number of unbranched alkanes of at least 4 members (excludes halogenated alkanes) is 1. The van der Waals surface area contributed by atoms with Crippen molar-refractivity contribution in [1.29, 1.82) is 0 Å². The van der Waals surface area contributed by atoms with Crippen LogP contribution in [0.15, 0.2) is 24.3 Å². The third-order valence-corrected chi connectivity index (χ3v) is 4.28. The molecule has 25 heavy (non-hydrogen) atoms. The van der Waals surface area contributed by atoms with Crippen LogP contribution in [0, 0.1) is 0 Å². The Morgan fingerprint density at radius 1 is 1.24 bits per heavy atom. The molecule has 1 amide bonds. The Morgan fingerprint density at radius 2 is 1.96 bits per heavy atom. The number of hydrogen-bond donors (Lipinski definition) is 1. The second-order valence-electron chi connectivity index (χ2n) is 6.22. The predicted molar refractivity (Wildman–Crippen MR) is 91.7 cm³/mol. The Bertz CT molecular complexity index is 657. The molecule has 2 atom stereocenters. The fraction of sp³-hybridized carbons (Fsp3) is 0.526. The summed E-state index contributed by atoms with van der Waals surface area (Å²) in [5, 5.41) is 2.71. The monoisotopic (exact) mass is 347 g/mol. The van der Waals surface area contributed by atoms with Crippen molar-refractivity contribution in [2.75, 3.05) is 6.61 Å². The molecule has 0 bridgehead atoms. The SMILES string of the molecule is CCCCC(=O)OC1c2ccccc2CC1(NC(C)=O)C(=O)OCC. The minimum atomic E-state index is -1.42. The van der Waals surface area contributed by atoms with Gasteiger partial charge >= 0.3 is 11.9 Å². The molecule has 0 aromatic heterocycles. The molecule has 0 heterocycles. The molecule has 0 saturated carbocycles. The molecule has 136 valence electrons. The van der Waals surface area contributed by atoms with Crippen LogP contribution in [0.25, 0.3) is 0 Å². The smallest absolute Gasteiger partial charge is 0.336 e. The van der Waals surface area contributed by atoms with E-state index in [4.69, 9.17) is 9.47 Å². The maximum Gasteiger partial charge on any atom is 0.336 e. The molecule has 1 aliphatic rings. The first kappa shape index (κ1) is 19.0. The highest BCUT2D eigenvalue weighted by atomic mass is 16.6. The summed E-state index contributed by atoms with van der Waals surface area (Å²) in [5.74, 6) is -1.35.